The van der Waals surface area contributed by atoms with Crippen molar-refractivity contribution in [3.05, 3.63) is 40.4 Å². The van der Waals surface area contributed by atoms with Gasteiger partial charge in [-0.3, -0.25) is 4.79 Å². The van der Waals surface area contributed by atoms with E-state index in [1.807, 2.05) is 24.3 Å². The Morgan fingerprint density at radius 2 is 1.78 bits per heavy atom. The van der Waals surface area contributed by atoms with E-state index >= 15 is 0 Å². The summed E-state index contributed by atoms with van der Waals surface area (Å²) in [5, 5.41) is 10.3. The quantitative estimate of drug-likeness (QED) is 0.864. The molecule has 2 rings (SSSR count). The van der Waals surface area contributed by atoms with Crippen molar-refractivity contribution in [2.45, 2.75) is 37.7 Å². The fourth-order valence-corrected chi connectivity index (χ4v) is 2.55. The van der Waals surface area contributed by atoms with Gasteiger partial charge in [0.05, 0.1) is 0 Å². The van der Waals surface area contributed by atoms with Crippen LogP contribution in [0.4, 0.5) is 0 Å². The minimum absolute atomic E-state index is 0.162. The minimum Gasteiger partial charge on any atom is -0.382 e. The van der Waals surface area contributed by atoms with Crippen LogP contribution in [-0.4, -0.2) is 16.5 Å². The molecule has 0 bridgehead atoms. The number of rotatable bonds is 3. The molecule has 1 aromatic rings. The molecular weight excluding hydrogens is 292 g/mol. The number of hydrogen-bond donors (Lipinski definition) is 1. The molecule has 0 spiro atoms. The fourth-order valence-electron chi connectivity index (χ4n) is 2.28. The first kappa shape index (κ1) is 13.5. The highest BCUT2D eigenvalue weighted by atomic mass is 79.9. The first-order valence-corrected chi connectivity index (χ1v) is 7.10. The molecule has 2 nitrogen and oxygen atoms in total. The van der Waals surface area contributed by atoms with Crippen molar-refractivity contribution < 1.29 is 9.90 Å². The summed E-state index contributed by atoms with van der Waals surface area (Å²) in [4.78, 5) is 12.0. The molecule has 1 N–H and O–H groups in total. The van der Waals surface area contributed by atoms with Gasteiger partial charge in [-0.15, -0.1) is 0 Å². The summed E-state index contributed by atoms with van der Waals surface area (Å²) in [7, 11) is 0. The molecule has 0 atom stereocenters. The molecule has 1 aliphatic rings. The van der Waals surface area contributed by atoms with Gasteiger partial charge in [0, 0.05) is 4.47 Å². The summed E-state index contributed by atoms with van der Waals surface area (Å²) in [5.74, 6) is -0.162. The Hall–Kier alpha value is -0.930. The van der Waals surface area contributed by atoms with E-state index in [9.17, 15) is 9.90 Å². The van der Waals surface area contributed by atoms with Gasteiger partial charge in [-0.25, -0.2) is 0 Å². The Morgan fingerprint density at radius 3 is 2.39 bits per heavy atom. The summed E-state index contributed by atoms with van der Waals surface area (Å²) in [6.45, 7) is 0. The molecule has 0 unspecified atom stereocenters. The third-order valence-electron chi connectivity index (χ3n) is 3.44. The van der Waals surface area contributed by atoms with Gasteiger partial charge in [0.1, 0.15) is 5.60 Å². The van der Waals surface area contributed by atoms with Crippen LogP contribution in [0.25, 0.3) is 6.08 Å². The second-order valence-corrected chi connectivity index (χ2v) is 5.76. The predicted molar refractivity (Wildman–Crippen MR) is 76.2 cm³/mol. The van der Waals surface area contributed by atoms with Crippen LogP contribution in [0.5, 0.6) is 0 Å². The lowest BCUT2D eigenvalue weighted by molar-refractivity contribution is -0.135. The van der Waals surface area contributed by atoms with Crippen LogP contribution in [0.1, 0.15) is 37.7 Å². The van der Waals surface area contributed by atoms with Crippen molar-refractivity contribution in [2.24, 2.45) is 0 Å². The van der Waals surface area contributed by atoms with Crippen LogP contribution in [-0.2, 0) is 4.79 Å². The molecule has 1 saturated carbocycles. The van der Waals surface area contributed by atoms with Crippen molar-refractivity contribution >= 4 is 27.8 Å². The summed E-state index contributed by atoms with van der Waals surface area (Å²) in [6, 6.07) is 7.72. The lowest BCUT2D eigenvalue weighted by atomic mass is 9.81. The van der Waals surface area contributed by atoms with Gasteiger partial charge >= 0.3 is 0 Å². The Labute approximate surface area is 116 Å². The summed E-state index contributed by atoms with van der Waals surface area (Å²) in [6.07, 6.45) is 7.46. The topological polar surface area (TPSA) is 37.3 Å². The maximum absolute atomic E-state index is 12.0. The zero-order valence-electron chi connectivity index (χ0n) is 10.2. The number of aliphatic hydroxyl groups is 1. The van der Waals surface area contributed by atoms with Crippen molar-refractivity contribution in [1.82, 2.24) is 0 Å². The van der Waals surface area contributed by atoms with E-state index < -0.39 is 5.60 Å². The highest BCUT2D eigenvalue weighted by Gasteiger charge is 2.34. The molecule has 0 aromatic heterocycles. The van der Waals surface area contributed by atoms with Crippen molar-refractivity contribution in [1.29, 1.82) is 0 Å². The summed E-state index contributed by atoms with van der Waals surface area (Å²) < 4.78 is 1.01. The Balaban J connectivity index is 2.04. The van der Waals surface area contributed by atoms with E-state index in [4.69, 9.17) is 0 Å². The lowest BCUT2D eigenvalue weighted by Crippen LogP contribution is -2.39. The molecule has 0 aliphatic heterocycles. The largest absolute Gasteiger partial charge is 0.382 e. The second kappa shape index (κ2) is 5.81. The number of benzene rings is 1. The van der Waals surface area contributed by atoms with Gasteiger partial charge in [0.2, 0.25) is 0 Å². The molecule has 3 heteroatoms. The zero-order valence-corrected chi connectivity index (χ0v) is 11.8. The maximum atomic E-state index is 12.0. The van der Waals surface area contributed by atoms with Crippen molar-refractivity contribution in [2.75, 3.05) is 0 Å². The standard InChI is InChI=1S/C15H17BrO2/c16-13-7-4-12(5-8-13)6-9-14(17)15(18)10-2-1-3-11-15/h4-9,18H,1-3,10-11H2/b9-6+. The molecule has 0 radical (unpaired) electrons. The van der Waals surface area contributed by atoms with Crippen molar-refractivity contribution in [3.63, 3.8) is 0 Å². The van der Waals surface area contributed by atoms with Crippen LogP contribution in [0, 0.1) is 0 Å². The Bertz CT molecular complexity index is 442. The van der Waals surface area contributed by atoms with Gasteiger partial charge < -0.3 is 5.11 Å². The van der Waals surface area contributed by atoms with E-state index in [1.165, 1.54) is 6.08 Å². The first-order chi connectivity index (χ1) is 8.60. The minimum atomic E-state index is -1.12. The average Bonchev–Trinajstić information content (AvgIpc) is 2.38. The van der Waals surface area contributed by atoms with Gasteiger partial charge in [0.15, 0.2) is 5.78 Å². The summed E-state index contributed by atoms with van der Waals surface area (Å²) >= 11 is 3.37. The van der Waals surface area contributed by atoms with Gasteiger partial charge in [-0.1, -0.05) is 53.4 Å². The van der Waals surface area contributed by atoms with E-state index in [0.29, 0.717) is 12.8 Å². The van der Waals surface area contributed by atoms with Gasteiger partial charge in [0.25, 0.3) is 0 Å². The van der Waals surface area contributed by atoms with E-state index in [-0.39, 0.29) is 5.78 Å². The van der Waals surface area contributed by atoms with Gasteiger partial charge in [-0.2, -0.15) is 0 Å². The number of halogens is 1. The normalized spacial score (nSPS) is 19.0. The Kier molecular flexibility index (Phi) is 4.36. The smallest absolute Gasteiger partial charge is 0.187 e. The van der Waals surface area contributed by atoms with Gasteiger partial charge in [-0.05, 0) is 36.6 Å². The molecule has 0 amide bonds. The highest BCUT2D eigenvalue weighted by molar-refractivity contribution is 9.10. The van der Waals surface area contributed by atoms with Crippen LogP contribution in [0.3, 0.4) is 0 Å². The van der Waals surface area contributed by atoms with Crippen LogP contribution in [0.2, 0.25) is 0 Å². The number of carbonyl (C=O) groups excluding carboxylic acids is 1. The average molecular weight is 309 g/mol. The third-order valence-corrected chi connectivity index (χ3v) is 3.97. The molecule has 1 aliphatic carbocycles. The zero-order chi connectivity index (χ0) is 13.0. The van der Waals surface area contributed by atoms with Crippen LogP contribution in [0.15, 0.2) is 34.8 Å². The third kappa shape index (κ3) is 3.30. The number of carbonyl (C=O) groups is 1. The lowest BCUT2D eigenvalue weighted by Gasteiger charge is -2.29. The SMILES string of the molecule is O=C(/C=C/c1ccc(Br)cc1)C1(O)CCCCC1. The molecule has 1 aromatic carbocycles. The van der Waals surface area contributed by atoms with E-state index in [1.54, 1.807) is 6.08 Å². The molecule has 0 heterocycles. The number of ketones is 1. The maximum Gasteiger partial charge on any atom is 0.187 e. The molecule has 96 valence electrons. The predicted octanol–water partition coefficient (Wildman–Crippen LogP) is 3.73. The first-order valence-electron chi connectivity index (χ1n) is 6.31. The Morgan fingerprint density at radius 1 is 1.17 bits per heavy atom. The molecule has 0 saturated heterocycles. The highest BCUT2D eigenvalue weighted by Crippen LogP contribution is 2.29. The van der Waals surface area contributed by atoms with E-state index in [2.05, 4.69) is 15.9 Å². The second-order valence-electron chi connectivity index (χ2n) is 4.84. The van der Waals surface area contributed by atoms with Crippen LogP contribution >= 0.6 is 15.9 Å². The molecular formula is C15H17BrO2. The molecule has 1 fully saturated rings. The monoisotopic (exact) mass is 308 g/mol. The van der Waals surface area contributed by atoms with Crippen molar-refractivity contribution in [3.8, 4) is 0 Å². The fraction of sp³-hybridized carbons (Fsp3) is 0.400. The van der Waals surface area contributed by atoms with Crippen LogP contribution < -0.4 is 0 Å². The summed E-state index contributed by atoms with van der Waals surface area (Å²) in [5.41, 5.74) is -0.157. The molecule has 18 heavy (non-hydrogen) atoms. The van der Waals surface area contributed by atoms with E-state index in [0.717, 1.165) is 29.3 Å². The number of hydrogen-bond acceptors (Lipinski definition) is 2.